The predicted octanol–water partition coefficient (Wildman–Crippen LogP) is -1.26. The molecule has 0 atom stereocenters. The van der Waals surface area contributed by atoms with Gasteiger partial charge in [0.15, 0.2) is 11.5 Å². The molecule has 0 spiro atoms. The van der Waals surface area contributed by atoms with Gasteiger partial charge in [0, 0.05) is 16.7 Å². The maximum Gasteiger partial charge on any atom is 0.164 e. The summed E-state index contributed by atoms with van der Waals surface area (Å²) in [5.41, 5.74) is -0.853. The molecule has 0 aliphatic carbocycles. The fourth-order valence-electron chi connectivity index (χ4n) is 1.60. The van der Waals surface area contributed by atoms with Crippen molar-refractivity contribution < 1.29 is 29.3 Å². The lowest BCUT2D eigenvalue weighted by molar-refractivity contribution is -0.259. The third-order valence-corrected chi connectivity index (χ3v) is 2.33. The normalized spacial score (nSPS) is 9.82. The van der Waals surface area contributed by atoms with Gasteiger partial charge in [-0.1, -0.05) is 0 Å². The van der Waals surface area contributed by atoms with E-state index in [2.05, 4.69) is 0 Å². The predicted molar refractivity (Wildman–Crippen MR) is 52.9 cm³/mol. The third kappa shape index (κ3) is 2.15. The van der Waals surface area contributed by atoms with E-state index in [-0.39, 0.29) is 17.1 Å². The lowest BCUT2D eigenvalue weighted by Crippen LogP contribution is -2.31. The van der Waals surface area contributed by atoms with Crippen molar-refractivity contribution in [1.29, 1.82) is 0 Å². The Hall–Kier alpha value is -2.24. The highest BCUT2D eigenvalue weighted by Crippen LogP contribution is 2.34. The van der Waals surface area contributed by atoms with Gasteiger partial charge in [0.1, 0.15) is 0 Å². The second kappa shape index (κ2) is 4.73. The summed E-state index contributed by atoms with van der Waals surface area (Å²) in [6, 6.07) is 1.03. The minimum Gasteiger partial charge on any atom is -0.545 e. The van der Waals surface area contributed by atoms with Gasteiger partial charge in [-0.05, 0) is 13.0 Å². The van der Waals surface area contributed by atoms with Crippen LogP contribution in [0.5, 0.6) is 11.5 Å². The first-order chi connectivity index (χ1) is 7.93. The Kier molecular flexibility index (Phi) is 3.57. The van der Waals surface area contributed by atoms with Gasteiger partial charge in [-0.2, -0.15) is 0 Å². The molecule has 92 valence electrons. The number of aromatic carboxylic acids is 2. The second-order valence-corrected chi connectivity index (χ2v) is 3.23. The summed E-state index contributed by atoms with van der Waals surface area (Å²) in [6.45, 7) is 1.40. The van der Waals surface area contributed by atoms with Crippen molar-refractivity contribution in [2.45, 2.75) is 6.92 Å². The van der Waals surface area contributed by atoms with Gasteiger partial charge >= 0.3 is 0 Å². The summed E-state index contributed by atoms with van der Waals surface area (Å²) in [6.07, 6.45) is 0. The molecule has 0 amide bonds. The average Bonchev–Trinajstić information content (AvgIpc) is 2.26. The summed E-state index contributed by atoms with van der Waals surface area (Å²) >= 11 is 0. The van der Waals surface area contributed by atoms with Crippen LogP contribution in [0.2, 0.25) is 0 Å². The monoisotopic (exact) mass is 238 g/mol. The first kappa shape index (κ1) is 12.8. The van der Waals surface area contributed by atoms with Gasteiger partial charge in [0.2, 0.25) is 0 Å². The second-order valence-electron chi connectivity index (χ2n) is 3.23. The Bertz CT molecular complexity index is 477. The number of carbonyl (C=O) groups excluding carboxylic acids is 2. The molecule has 1 rings (SSSR count). The molecule has 1 aromatic carbocycles. The molecule has 0 fully saturated rings. The number of hydrogen-bond donors (Lipinski definition) is 0. The first-order valence-electron chi connectivity index (χ1n) is 4.62. The highest BCUT2D eigenvalue weighted by molar-refractivity contribution is 6.02. The summed E-state index contributed by atoms with van der Waals surface area (Å²) in [5.74, 6) is -2.96. The molecule has 1 aromatic rings. The molecule has 0 radical (unpaired) electrons. The zero-order valence-corrected chi connectivity index (χ0v) is 9.53. The quantitative estimate of drug-likeness (QED) is 0.649. The van der Waals surface area contributed by atoms with Crippen molar-refractivity contribution in [1.82, 2.24) is 0 Å². The lowest BCUT2D eigenvalue weighted by Gasteiger charge is -2.19. The van der Waals surface area contributed by atoms with E-state index < -0.39 is 23.1 Å². The SMILES string of the molecule is COc1cc(C(=O)[O-])c(C(=O)[O-])c(C)c1OC. The summed E-state index contributed by atoms with van der Waals surface area (Å²) < 4.78 is 9.88. The molecular formula is C11H10O6-2. The minimum absolute atomic E-state index is 0.117. The van der Waals surface area contributed by atoms with Crippen LogP contribution in [-0.2, 0) is 0 Å². The number of benzene rings is 1. The fourth-order valence-corrected chi connectivity index (χ4v) is 1.60. The zero-order valence-electron chi connectivity index (χ0n) is 9.53. The van der Waals surface area contributed by atoms with Gasteiger partial charge < -0.3 is 29.3 Å². The van der Waals surface area contributed by atoms with Gasteiger partial charge in [-0.15, -0.1) is 0 Å². The van der Waals surface area contributed by atoms with Crippen molar-refractivity contribution in [3.63, 3.8) is 0 Å². The van der Waals surface area contributed by atoms with Crippen LogP contribution >= 0.6 is 0 Å². The summed E-state index contributed by atoms with van der Waals surface area (Å²) in [7, 11) is 2.64. The van der Waals surface area contributed by atoms with Crippen molar-refractivity contribution >= 4 is 11.9 Å². The van der Waals surface area contributed by atoms with Crippen molar-refractivity contribution in [3.8, 4) is 11.5 Å². The molecule has 0 saturated heterocycles. The highest BCUT2D eigenvalue weighted by atomic mass is 16.5. The highest BCUT2D eigenvalue weighted by Gasteiger charge is 2.17. The zero-order chi connectivity index (χ0) is 13.2. The van der Waals surface area contributed by atoms with Crippen molar-refractivity contribution in [2.75, 3.05) is 14.2 Å². The first-order valence-corrected chi connectivity index (χ1v) is 4.62. The van der Waals surface area contributed by atoms with E-state index in [9.17, 15) is 19.8 Å². The van der Waals surface area contributed by atoms with E-state index in [4.69, 9.17) is 9.47 Å². The molecule has 0 N–H and O–H groups in total. The van der Waals surface area contributed by atoms with Crippen LogP contribution in [0.1, 0.15) is 26.3 Å². The van der Waals surface area contributed by atoms with Crippen LogP contribution in [0.3, 0.4) is 0 Å². The van der Waals surface area contributed by atoms with Crippen LogP contribution in [0, 0.1) is 6.92 Å². The molecule has 0 unspecified atom stereocenters. The molecule has 17 heavy (non-hydrogen) atoms. The Morgan fingerprint density at radius 2 is 1.71 bits per heavy atom. The summed E-state index contributed by atoms with van der Waals surface area (Å²) in [4.78, 5) is 21.8. The maximum absolute atomic E-state index is 10.9. The molecule has 0 aromatic heterocycles. The molecule has 6 nitrogen and oxygen atoms in total. The van der Waals surface area contributed by atoms with E-state index in [1.807, 2.05) is 0 Å². The van der Waals surface area contributed by atoms with Crippen LogP contribution in [-0.4, -0.2) is 26.2 Å². The Labute approximate surface area is 97.4 Å². The van der Waals surface area contributed by atoms with Gasteiger partial charge in [-0.25, -0.2) is 0 Å². The Balaban J connectivity index is 3.67. The van der Waals surface area contributed by atoms with Gasteiger partial charge in [0.25, 0.3) is 0 Å². The maximum atomic E-state index is 10.9. The number of rotatable bonds is 4. The number of carbonyl (C=O) groups is 2. The number of ether oxygens (including phenoxy) is 2. The number of methoxy groups -OCH3 is 2. The van der Waals surface area contributed by atoms with E-state index >= 15 is 0 Å². The van der Waals surface area contributed by atoms with E-state index in [1.54, 1.807) is 0 Å². The number of carboxylic acids is 2. The van der Waals surface area contributed by atoms with Crippen LogP contribution in [0.15, 0.2) is 6.07 Å². The molecule has 6 heteroatoms. The van der Waals surface area contributed by atoms with Gasteiger partial charge in [-0.3, -0.25) is 0 Å². The Morgan fingerprint density at radius 3 is 2.06 bits per heavy atom. The molecule has 0 aliphatic rings. The smallest absolute Gasteiger partial charge is 0.164 e. The standard InChI is InChI=1S/C11H12O6/c1-5-8(11(14)15)6(10(12)13)4-7(16-2)9(5)17-3/h4H,1-3H3,(H,12,13)(H,14,15)/p-2. The van der Waals surface area contributed by atoms with Crippen LogP contribution in [0.25, 0.3) is 0 Å². The number of carboxylic acid groups (broad SMARTS) is 2. The van der Waals surface area contributed by atoms with Crippen LogP contribution < -0.4 is 19.7 Å². The van der Waals surface area contributed by atoms with E-state index in [0.29, 0.717) is 0 Å². The van der Waals surface area contributed by atoms with Crippen molar-refractivity contribution in [3.05, 3.63) is 22.8 Å². The van der Waals surface area contributed by atoms with E-state index in [0.717, 1.165) is 6.07 Å². The lowest BCUT2D eigenvalue weighted by atomic mass is 10.00. The molecule has 0 bridgehead atoms. The van der Waals surface area contributed by atoms with Gasteiger partial charge in [0.05, 0.1) is 26.2 Å². The molecule has 0 heterocycles. The Morgan fingerprint density at radius 1 is 1.12 bits per heavy atom. The van der Waals surface area contributed by atoms with Crippen molar-refractivity contribution in [2.24, 2.45) is 0 Å². The summed E-state index contributed by atoms with van der Waals surface area (Å²) in [5, 5.41) is 21.8. The number of hydrogen-bond acceptors (Lipinski definition) is 6. The third-order valence-electron chi connectivity index (χ3n) is 2.33. The fraction of sp³-hybridized carbons (Fsp3) is 0.273. The largest absolute Gasteiger partial charge is 0.545 e. The average molecular weight is 238 g/mol. The minimum atomic E-state index is -1.62. The topological polar surface area (TPSA) is 98.7 Å². The van der Waals surface area contributed by atoms with Crippen LogP contribution in [0.4, 0.5) is 0 Å². The van der Waals surface area contributed by atoms with E-state index in [1.165, 1.54) is 21.1 Å². The molecule has 0 saturated carbocycles. The molecular weight excluding hydrogens is 228 g/mol. The molecule has 0 aliphatic heterocycles.